The number of nitrogens with zero attached hydrogens (tertiary/aromatic N) is 3. The minimum atomic E-state index is -0.680. The summed E-state index contributed by atoms with van der Waals surface area (Å²) in [5, 5.41) is 13.8. The van der Waals surface area contributed by atoms with Gasteiger partial charge in [0.25, 0.3) is 5.69 Å². The predicted octanol–water partition coefficient (Wildman–Crippen LogP) is 2.98. The van der Waals surface area contributed by atoms with Crippen molar-refractivity contribution in [2.75, 3.05) is 13.2 Å². The van der Waals surface area contributed by atoms with E-state index in [1.54, 1.807) is 26.8 Å². The van der Waals surface area contributed by atoms with Crippen molar-refractivity contribution in [2.24, 2.45) is 0 Å². The Bertz CT molecular complexity index is 915. The lowest BCUT2D eigenvalue weighted by atomic mass is 9.90. The molecule has 3 aliphatic rings. The van der Waals surface area contributed by atoms with E-state index in [-0.39, 0.29) is 30.9 Å². The first-order valence-corrected chi connectivity index (χ1v) is 9.47. The third-order valence-corrected chi connectivity index (χ3v) is 5.47. The minimum absolute atomic E-state index is 0.0579. The second kappa shape index (κ2) is 6.94. The zero-order chi connectivity index (χ0) is 20.9. The third kappa shape index (κ3) is 2.78. The van der Waals surface area contributed by atoms with Crippen molar-refractivity contribution in [3.63, 3.8) is 0 Å². The molecule has 10 heteroatoms. The first kappa shape index (κ1) is 19.0. The van der Waals surface area contributed by atoms with Crippen LogP contribution in [0.2, 0.25) is 0 Å². The maximum Gasteiger partial charge on any atom is 0.429 e. The number of carbonyl (C=O) groups excluding carboxylic acids is 2. The normalized spacial score (nSPS) is 26.2. The molecule has 4 atom stereocenters. The van der Waals surface area contributed by atoms with E-state index in [0.29, 0.717) is 11.3 Å². The molecule has 0 saturated carbocycles. The molecule has 1 aliphatic carbocycles. The van der Waals surface area contributed by atoms with Crippen molar-refractivity contribution < 1.29 is 28.7 Å². The smallest absolute Gasteiger partial charge is 0.429 e. The Kier molecular flexibility index (Phi) is 4.56. The number of benzene rings is 1. The summed E-state index contributed by atoms with van der Waals surface area (Å²) in [6, 6.07) is 3.42. The summed E-state index contributed by atoms with van der Waals surface area (Å²) in [7, 11) is 0. The van der Waals surface area contributed by atoms with Gasteiger partial charge in [0.1, 0.15) is 11.9 Å². The maximum absolute atomic E-state index is 12.8. The summed E-state index contributed by atoms with van der Waals surface area (Å²) in [6.07, 6.45) is 0.172. The fourth-order valence-corrected chi connectivity index (χ4v) is 4.37. The Balaban J connectivity index is 1.78. The zero-order valence-corrected chi connectivity index (χ0v) is 16.2. The SMILES string of the molecule is CCOC(=O)N1[C@@H]2C(=C[C@H]3Oc4ccc([N+](=O)[O-])cc4[C@@H]23)[C@H](C)N1C(=O)OCC. The van der Waals surface area contributed by atoms with Crippen LogP contribution in [-0.2, 0) is 9.47 Å². The van der Waals surface area contributed by atoms with Gasteiger partial charge in [-0.1, -0.05) is 0 Å². The molecule has 10 nitrogen and oxygen atoms in total. The fourth-order valence-electron chi connectivity index (χ4n) is 4.37. The molecule has 154 valence electrons. The molecule has 1 saturated heterocycles. The van der Waals surface area contributed by atoms with Crippen LogP contribution in [0.15, 0.2) is 29.8 Å². The van der Waals surface area contributed by atoms with Gasteiger partial charge in [0.2, 0.25) is 0 Å². The highest BCUT2D eigenvalue weighted by atomic mass is 16.6. The highest BCUT2D eigenvalue weighted by Crippen LogP contribution is 2.53. The van der Waals surface area contributed by atoms with Crippen LogP contribution in [0.5, 0.6) is 5.75 Å². The largest absolute Gasteiger partial charge is 0.485 e. The summed E-state index contributed by atoms with van der Waals surface area (Å²) >= 11 is 0. The first-order chi connectivity index (χ1) is 13.9. The fraction of sp³-hybridized carbons (Fsp3) is 0.474. The van der Waals surface area contributed by atoms with E-state index in [1.165, 1.54) is 22.2 Å². The zero-order valence-electron chi connectivity index (χ0n) is 16.2. The van der Waals surface area contributed by atoms with Crippen LogP contribution in [0.25, 0.3) is 0 Å². The predicted molar refractivity (Wildman–Crippen MR) is 99.3 cm³/mol. The van der Waals surface area contributed by atoms with Gasteiger partial charge < -0.3 is 14.2 Å². The van der Waals surface area contributed by atoms with Crippen LogP contribution >= 0.6 is 0 Å². The van der Waals surface area contributed by atoms with Gasteiger partial charge in [-0.2, -0.15) is 0 Å². The summed E-state index contributed by atoms with van der Waals surface area (Å²) in [6.45, 7) is 5.46. The maximum atomic E-state index is 12.8. The molecule has 0 bridgehead atoms. The van der Waals surface area contributed by atoms with Crippen molar-refractivity contribution >= 4 is 17.9 Å². The summed E-state index contributed by atoms with van der Waals surface area (Å²) in [5.41, 5.74) is 1.39. The minimum Gasteiger partial charge on any atom is -0.485 e. The topological polar surface area (TPSA) is 111 Å². The molecule has 0 N–H and O–H groups in total. The van der Waals surface area contributed by atoms with Crippen molar-refractivity contribution in [3.05, 3.63) is 45.5 Å². The van der Waals surface area contributed by atoms with E-state index >= 15 is 0 Å². The highest BCUT2D eigenvalue weighted by Gasteiger charge is 2.58. The molecular formula is C19H21N3O7. The second-order valence-corrected chi connectivity index (χ2v) is 6.96. The average Bonchev–Trinajstić information content (AvgIpc) is 3.29. The Hall–Kier alpha value is -3.30. The number of amides is 2. The van der Waals surface area contributed by atoms with Gasteiger partial charge in [0, 0.05) is 17.7 Å². The van der Waals surface area contributed by atoms with Crippen LogP contribution < -0.4 is 4.74 Å². The molecule has 2 heterocycles. The molecule has 0 radical (unpaired) electrons. The lowest BCUT2D eigenvalue weighted by Gasteiger charge is -2.33. The quantitative estimate of drug-likeness (QED) is 0.433. The van der Waals surface area contributed by atoms with Gasteiger partial charge in [-0.05, 0) is 38.5 Å². The van der Waals surface area contributed by atoms with Gasteiger partial charge >= 0.3 is 12.2 Å². The Morgan fingerprint density at radius 1 is 1.17 bits per heavy atom. The van der Waals surface area contributed by atoms with Crippen LogP contribution in [0.3, 0.4) is 0 Å². The molecule has 4 rings (SSSR count). The van der Waals surface area contributed by atoms with Gasteiger partial charge in [0.05, 0.1) is 36.1 Å². The number of non-ortho nitro benzene ring substituents is 1. The summed E-state index contributed by atoms with van der Waals surface area (Å²) in [5.74, 6) is 0.151. The number of fused-ring (bicyclic) bond motifs is 5. The average molecular weight is 403 g/mol. The Labute approximate surface area is 166 Å². The molecule has 1 aromatic carbocycles. The summed E-state index contributed by atoms with van der Waals surface area (Å²) in [4.78, 5) is 36.2. The molecule has 29 heavy (non-hydrogen) atoms. The molecule has 0 unspecified atom stereocenters. The second-order valence-electron chi connectivity index (χ2n) is 6.96. The molecule has 0 aromatic heterocycles. The number of carbonyl (C=O) groups is 2. The van der Waals surface area contributed by atoms with Gasteiger partial charge in [-0.25, -0.2) is 19.6 Å². The number of hydrazine groups is 1. The van der Waals surface area contributed by atoms with Crippen molar-refractivity contribution in [1.82, 2.24) is 10.0 Å². The van der Waals surface area contributed by atoms with Gasteiger partial charge in [-0.15, -0.1) is 0 Å². The van der Waals surface area contributed by atoms with Crippen LogP contribution in [-0.4, -0.2) is 58.5 Å². The highest BCUT2D eigenvalue weighted by molar-refractivity contribution is 5.78. The van der Waals surface area contributed by atoms with E-state index < -0.39 is 29.2 Å². The van der Waals surface area contributed by atoms with Crippen molar-refractivity contribution in [3.8, 4) is 5.75 Å². The Morgan fingerprint density at radius 3 is 2.45 bits per heavy atom. The van der Waals surface area contributed by atoms with Crippen LogP contribution in [0.1, 0.15) is 32.3 Å². The third-order valence-electron chi connectivity index (χ3n) is 5.47. The lowest BCUT2D eigenvalue weighted by Crippen LogP contribution is -2.52. The van der Waals surface area contributed by atoms with Crippen LogP contribution in [0, 0.1) is 10.1 Å². The van der Waals surface area contributed by atoms with Crippen molar-refractivity contribution in [2.45, 2.75) is 44.9 Å². The molecule has 0 spiro atoms. The monoisotopic (exact) mass is 403 g/mol. The molecule has 2 aliphatic heterocycles. The van der Waals surface area contributed by atoms with Crippen molar-refractivity contribution in [1.29, 1.82) is 0 Å². The van der Waals surface area contributed by atoms with E-state index in [0.717, 1.165) is 5.57 Å². The lowest BCUT2D eigenvalue weighted by molar-refractivity contribution is -0.384. The number of rotatable bonds is 3. The molecular weight excluding hydrogens is 382 g/mol. The number of hydrogen-bond donors (Lipinski definition) is 0. The first-order valence-electron chi connectivity index (χ1n) is 9.47. The van der Waals surface area contributed by atoms with E-state index in [9.17, 15) is 19.7 Å². The van der Waals surface area contributed by atoms with Gasteiger partial charge in [-0.3, -0.25) is 10.1 Å². The standard InChI is InChI=1S/C19H21N3O7/c1-4-27-18(23)20-10(3)12-9-15-16(17(12)21(20)19(24)28-5-2)13-8-11(22(25)26)6-7-14(13)29-15/h6-10,15-17H,4-5H2,1-3H3/t10-,15+,16+,17+/m0/s1. The number of ether oxygens (including phenoxy) is 3. The molecule has 2 amide bonds. The van der Waals surface area contributed by atoms with E-state index in [4.69, 9.17) is 14.2 Å². The van der Waals surface area contributed by atoms with E-state index in [2.05, 4.69) is 0 Å². The number of hydrogen-bond acceptors (Lipinski definition) is 7. The van der Waals surface area contributed by atoms with Gasteiger partial charge in [0.15, 0.2) is 0 Å². The Morgan fingerprint density at radius 2 is 1.83 bits per heavy atom. The number of nitro benzene ring substituents is 1. The number of nitro groups is 1. The van der Waals surface area contributed by atoms with E-state index in [1.807, 2.05) is 6.08 Å². The molecule has 1 aromatic rings. The molecule has 1 fully saturated rings. The van der Waals surface area contributed by atoms with Crippen LogP contribution in [0.4, 0.5) is 15.3 Å². The summed E-state index contributed by atoms with van der Waals surface area (Å²) < 4.78 is 16.3.